The fourth-order valence-electron chi connectivity index (χ4n) is 9.31. The van der Waals surface area contributed by atoms with Crippen LogP contribution in [0.5, 0.6) is 0 Å². The van der Waals surface area contributed by atoms with Gasteiger partial charge in [-0.3, -0.25) is 0 Å². The fourth-order valence-corrected chi connectivity index (χ4v) is 9.31. The van der Waals surface area contributed by atoms with Gasteiger partial charge in [0.05, 0.1) is 11.4 Å². The Morgan fingerprint density at radius 3 is 1.61 bits per heavy atom. The average molecular weight is 780 g/mol. The summed E-state index contributed by atoms with van der Waals surface area (Å²) in [5.41, 5.74) is 15.7. The third kappa shape index (κ3) is 5.82. The van der Waals surface area contributed by atoms with Gasteiger partial charge < -0.3 is 13.7 Å². The molecule has 2 heterocycles. The Bertz CT molecular complexity index is 3610. The van der Waals surface area contributed by atoms with Gasteiger partial charge in [0.2, 0.25) is 0 Å². The summed E-state index contributed by atoms with van der Waals surface area (Å²) in [5.74, 6) is 0. The molecular weight excluding hydrogens is 743 g/mol. The van der Waals surface area contributed by atoms with Crippen LogP contribution >= 0.6 is 0 Å². The molecule has 0 radical (unpaired) electrons. The van der Waals surface area contributed by atoms with E-state index in [4.69, 9.17) is 8.83 Å². The summed E-state index contributed by atoms with van der Waals surface area (Å²) in [6.07, 6.45) is 0. The molecule has 0 amide bonds. The van der Waals surface area contributed by atoms with Gasteiger partial charge in [-0.05, 0) is 87.1 Å². The molecule has 286 valence electrons. The minimum Gasteiger partial charge on any atom is -0.456 e. The maximum atomic E-state index is 6.69. The Balaban J connectivity index is 1.11. The average Bonchev–Trinajstić information content (AvgIpc) is 3.90. The molecule has 2 aromatic heterocycles. The van der Waals surface area contributed by atoms with Crippen molar-refractivity contribution in [3.8, 4) is 44.5 Å². The summed E-state index contributed by atoms with van der Waals surface area (Å²) >= 11 is 0. The molecule has 0 aliphatic carbocycles. The van der Waals surface area contributed by atoms with Crippen LogP contribution in [0.4, 0.5) is 17.1 Å². The molecule has 61 heavy (non-hydrogen) atoms. The minimum absolute atomic E-state index is 0.875. The maximum absolute atomic E-state index is 6.69. The Hall–Kier alpha value is -8.14. The molecule has 0 bridgehead atoms. The molecule has 12 rings (SSSR count). The summed E-state index contributed by atoms with van der Waals surface area (Å²) < 4.78 is 12.9. The van der Waals surface area contributed by atoms with Gasteiger partial charge in [-0.25, -0.2) is 0 Å². The van der Waals surface area contributed by atoms with Gasteiger partial charge in [-0.15, -0.1) is 0 Å². The van der Waals surface area contributed by atoms with E-state index in [0.717, 1.165) is 88.8 Å². The molecule has 0 N–H and O–H groups in total. The zero-order valence-electron chi connectivity index (χ0n) is 33.1. The van der Waals surface area contributed by atoms with Crippen molar-refractivity contribution in [3.63, 3.8) is 0 Å². The van der Waals surface area contributed by atoms with Gasteiger partial charge in [0.15, 0.2) is 0 Å². The normalized spacial score (nSPS) is 11.6. The second-order valence-corrected chi connectivity index (χ2v) is 15.6. The van der Waals surface area contributed by atoms with Gasteiger partial charge in [0, 0.05) is 43.9 Å². The van der Waals surface area contributed by atoms with E-state index in [0.29, 0.717) is 0 Å². The SMILES string of the molecule is c1ccc(-c2cccc3cccc(-c4ccccc4N(c4cccc(-c5ccc6oc7ccccc7c6c5)c4)c4ccccc4-c4cccc5c4oc4ccccc45)c23)cc1. The zero-order chi connectivity index (χ0) is 40.3. The van der Waals surface area contributed by atoms with Crippen LogP contribution in [0.3, 0.4) is 0 Å². The molecule has 0 fully saturated rings. The van der Waals surface area contributed by atoms with E-state index in [1.807, 2.05) is 18.2 Å². The van der Waals surface area contributed by atoms with E-state index in [2.05, 4.69) is 211 Å². The summed E-state index contributed by atoms with van der Waals surface area (Å²) in [6, 6.07) is 80.1. The number of hydrogen-bond acceptors (Lipinski definition) is 3. The standard InChI is InChI=1S/C58H37NO2/c1-2-16-38(17-3-1)43-26-13-18-39-19-14-27-48(57(39)43)44-22-4-8-30-52(44)59(42-21-12-20-40(36-42)41-34-35-56-51(37-41)47-25-7-10-32-54(47)60-56)53-31-9-5-23-45(53)49-28-15-29-50-46-24-6-11-33-55(46)61-58(49)50/h1-37H. The molecule has 0 unspecified atom stereocenters. The van der Waals surface area contributed by atoms with Crippen molar-refractivity contribution >= 4 is 71.7 Å². The lowest BCUT2D eigenvalue weighted by molar-refractivity contribution is 0.669. The van der Waals surface area contributed by atoms with E-state index in [-0.39, 0.29) is 0 Å². The Labute approximate surface area is 353 Å². The van der Waals surface area contributed by atoms with Crippen LogP contribution in [-0.4, -0.2) is 0 Å². The summed E-state index contributed by atoms with van der Waals surface area (Å²) in [4.78, 5) is 2.44. The highest BCUT2D eigenvalue weighted by Gasteiger charge is 2.24. The Kier molecular flexibility index (Phi) is 8.17. The lowest BCUT2D eigenvalue weighted by atomic mass is 9.90. The van der Waals surface area contributed by atoms with Crippen molar-refractivity contribution in [2.75, 3.05) is 4.90 Å². The number of rotatable bonds is 7. The number of hydrogen-bond donors (Lipinski definition) is 0. The van der Waals surface area contributed by atoms with E-state index in [1.54, 1.807) is 0 Å². The van der Waals surface area contributed by atoms with Gasteiger partial charge >= 0.3 is 0 Å². The molecule has 3 heteroatoms. The van der Waals surface area contributed by atoms with Gasteiger partial charge in [-0.2, -0.15) is 0 Å². The smallest absolute Gasteiger partial charge is 0.143 e. The number of nitrogens with zero attached hydrogens (tertiary/aromatic N) is 1. The summed E-state index contributed by atoms with van der Waals surface area (Å²) in [7, 11) is 0. The highest BCUT2D eigenvalue weighted by Crippen LogP contribution is 2.49. The molecule has 0 saturated heterocycles. The highest BCUT2D eigenvalue weighted by molar-refractivity contribution is 6.12. The number of furan rings is 2. The van der Waals surface area contributed by atoms with Gasteiger partial charge in [0.25, 0.3) is 0 Å². The molecular formula is C58H37NO2. The summed E-state index contributed by atoms with van der Waals surface area (Å²) in [5, 5.41) is 6.85. The lowest BCUT2D eigenvalue weighted by Gasteiger charge is -2.30. The van der Waals surface area contributed by atoms with Crippen LogP contribution < -0.4 is 4.90 Å². The van der Waals surface area contributed by atoms with E-state index in [1.165, 1.54) is 27.5 Å². The Morgan fingerprint density at radius 1 is 0.295 bits per heavy atom. The van der Waals surface area contributed by atoms with E-state index >= 15 is 0 Å². The van der Waals surface area contributed by atoms with Crippen LogP contribution in [0.25, 0.3) is 99.2 Å². The van der Waals surface area contributed by atoms with Crippen molar-refractivity contribution in [1.29, 1.82) is 0 Å². The van der Waals surface area contributed by atoms with Crippen molar-refractivity contribution in [1.82, 2.24) is 0 Å². The number of anilines is 3. The topological polar surface area (TPSA) is 29.5 Å². The van der Waals surface area contributed by atoms with E-state index in [9.17, 15) is 0 Å². The highest BCUT2D eigenvalue weighted by atomic mass is 16.3. The first-order valence-electron chi connectivity index (χ1n) is 20.7. The first kappa shape index (κ1) is 34.9. The third-order valence-corrected chi connectivity index (χ3v) is 12.1. The van der Waals surface area contributed by atoms with Crippen molar-refractivity contribution in [2.24, 2.45) is 0 Å². The quantitative estimate of drug-likeness (QED) is 0.161. The first-order valence-corrected chi connectivity index (χ1v) is 20.7. The second-order valence-electron chi connectivity index (χ2n) is 15.6. The van der Waals surface area contributed by atoms with Crippen LogP contribution in [0.15, 0.2) is 233 Å². The maximum Gasteiger partial charge on any atom is 0.143 e. The van der Waals surface area contributed by atoms with Crippen LogP contribution in [-0.2, 0) is 0 Å². The second kappa shape index (κ2) is 14.3. The monoisotopic (exact) mass is 779 g/mol. The predicted octanol–water partition coefficient (Wildman–Crippen LogP) is 16.8. The van der Waals surface area contributed by atoms with Gasteiger partial charge in [-0.1, -0.05) is 176 Å². The fraction of sp³-hybridized carbons (Fsp3) is 0. The minimum atomic E-state index is 0.875. The largest absolute Gasteiger partial charge is 0.456 e. The van der Waals surface area contributed by atoms with Crippen LogP contribution in [0, 0.1) is 0 Å². The molecule has 0 aliphatic heterocycles. The molecule has 10 aromatic carbocycles. The predicted molar refractivity (Wildman–Crippen MR) is 255 cm³/mol. The Morgan fingerprint density at radius 2 is 0.820 bits per heavy atom. The first-order chi connectivity index (χ1) is 30.3. The summed E-state index contributed by atoms with van der Waals surface area (Å²) in [6.45, 7) is 0. The molecule has 0 aliphatic rings. The van der Waals surface area contributed by atoms with Crippen LogP contribution in [0.1, 0.15) is 0 Å². The van der Waals surface area contributed by atoms with Crippen molar-refractivity contribution in [2.45, 2.75) is 0 Å². The zero-order valence-corrected chi connectivity index (χ0v) is 33.1. The number of fused-ring (bicyclic) bond motifs is 7. The molecule has 0 saturated carbocycles. The van der Waals surface area contributed by atoms with Gasteiger partial charge in [0.1, 0.15) is 22.3 Å². The number of para-hydroxylation sites is 5. The molecule has 0 spiro atoms. The van der Waals surface area contributed by atoms with Crippen LogP contribution in [0.2, 0.25) is 0 Å². The number of benzene rings is 10. The molecule has 12 aromatic rings. The molecule has 0 atom stereocenters. The lowest BCUT2D eigenvalue weighted by Crippen LogP contribution is -2.12. The van der Waals surface area contributed by atoms with E-state index < -0.39 is 0 Å². The molecule has 3 nitrogen and oxygen atoms in total. The van der Waals surface area contributed by atoms with Crippen molar-refractivity contribution in [3.05, 3.63) is 224 Å². The third-order valence-electron chi connectivity index (χ3n) is 12.1. The van der Waals surface area contributed by atoms with Crippen molar-refractivity contribution < 1.29 is 8.83 Å².